The van der Waals surface area contributed by atoms with Crippen LogP contribution in [0.25, 0.3) is 0 Å². The van der Waals surface area contributed by atoms with Crippen LogP contribution in [0.3, 0.4) is 0 Å². The molecule has 70 valence electrons. The second-order valence-corrected chi connectivity index (χ2v) is 4.07. The molecule has 0 bridgehead atoms. The van der Waals surface area contributed by atoms with Crippen LogP contribution >= 0.6 is 11.8 Å². The van der Waals surface area contributed by atoms with E-state index >= 15 is 0 Å². The normalized spacial score (nSPS) is 12.4. The quantitative estimate of drug-likeness (QED) is 0.439. The van der Waals surface area contributed by atoms with Crippen molar-refractivity contribution in [1.82, 2.24) is 0 Å². The molecule has 3 heteroatoms. The highest BCUT2D eigenvalue weighted by atomic mass is 32.2. The van der Waals surface area contributed by atoms with Crippen LogP contribution < -0.4 is 5.73 Å². The summed E-state index contributed by atoms with van der Waals surface area (Å²) in [5, 5.41) is 7.23. The van der Waals surface area contributed by atoms with Gasteiger partial charge in [0.1, 0.15) is 0 Å². The molecule has 1 atom stereocenters. The van der Waals surface area contributed by atoms with E-state index in [2.05, 4.69) is 12.1 Å². The molecule has 2 nitrogen and oxygen atoms in total. The van der Waals surface area contributed by atoms with E-state index in [-0.39, 0.29) is 11.8 Å². The SMILES string of the molecule is CC(CSc1ccccc1)C(=N)N. The first-order valence-corrected chi connectivity index (χ1v) is 5.20. The molecule has 0 heterocycles. The number of amidine groups is 1. The molecule has 0 fully saturated rings. The predicted octanol–water partition coefficient (Wildman–Crippen LogP) is 2.35. The second kappa shape index (κ2) is 4.92. The maximum atomic E-state index is 7.23. The molecule has 0 aromatic heterocycles. The Hall–Kier alpha value is -0.960. The molecule has 3 N–H and O–H groups in total. The van der Waals surface area contributed by atoms with Crippen LogP contribution in [-0.2, 0) is 0 Å². The van der Waals surface area contributed by atoms with Gasteiger partial charge >= 0.3 is 0 Å². The number of hydrogen-bond donors (Lipinski definition) is 2. The third-order valence-corrected chi connectivity index (χ3v) is 3.05. The maximum Gasteiger partial charge on any atom is 0.0942 e. The molecule has 0 aliphatic rings. The summed E-state index contributed by atoms with van der Waals surface area (Å²) in [6, 6.07) is 10.2. The van der Waals surface area contributed by atoms with Gasteiger partial charge in [0.05, 0.1) is 5.84 Å². The van der Waals surface area contributed by atoms with Crippen LogP contribution in [0.1, 0.15) is 6.92 Å². The number of benzene rings is 1. The number of thioether (sulfide) groups is 1. The van der Waals surface area contributed by atoms with Gasteiger partial charge in [0, 0.05) is 16.6 Å². The summed E-state index contributed by atoms with van der Waals surface area (Å²) in [5.74, 6) is 1.30. The van der Waals surface area contributed by atoms with E-state index in [4.69, 9.17) is 11.1 Å². The fraction of sp³-hybridized carbons (Fsp3) is 0.300. The minimum atomic E-state index is 0.158. The molecule has 0 saturated heterocycles. The van der Waals surface area contributed by atoms with Gasteiger partial charge in [-0.15, -0.1) is 11.8 Å². The molecule has 1 aromatic carbocycles. The van der Waals surface area contributed by atoms with Crippen LogP contribution in [0.15, 0.2) is 35.2 Å². The number of nitrogens with two attached hydrogens (primary N) is 1. The Labute approximate surface area is 83.0 Å². The lowest BCUT2D eigenvalue weighted by Crippen LogP contribution is -2.21. The van der Waals surface area contributed by atoms with Gasteiger partial charge < -0.3 is 5.73 Å². The van der Waals surface area contributed by atoms with Crippen molar-refractivity contribution in [3.8, 4) is 0 Å². The van der Waals surface area contributed by atoms with E-state index in [0.29, 0.717) is 0 Å². The van der Waals surface area contributed by atoms with E-state index in [0.717, 1.165) is 5.75 Å². The molecule has 0 aliphatic heterocycles. The van der Waals surface area contributed by atoms with E-state index in [1.54, 1.807) is 11.8 Å². The fourth-order valence-electron chi connectivity index (χ4n) is 0.828. The van der Waals surface area contributed by atoms with Crippen LogP contribution in [0.5, 0.6) is 0 Å². The van der Waals surface area contributed by atoms with Crippen molar-refractivity contribution in [2.45, 2.75) is 11.8 Å². The molecule has 13 heavy (non-hydrogen) atoms. The van der Waals surface area contributed by atoms with Gasteiger partial charge in [0.25, 0.3) is 0 Å². The Kier molecular flexibility index (Phi) is 3.83. The van der Waals surface area contributed by atoms with E-state index < -0.39 is 0 Å². The minimum absolute atomic E-state index is 0.158. The molecule has 0 amide bonds. The summed E-state index contributed by atoms with van der Waals surface area (Å²) >= 11 is 1.74. The van der Waals surface area contributed by atoms with E-state index in [1.807, 2.05) is 25.1 Å². The topological polar surface area (TPSA) is 49.9 Å². The lowest BCUT2D eigenvalue weighted by Gasteiger charge is -2.08. The van der Waals surface area contributed by atoms with E-state index in [1.165, 1.54) is 4.90 Å². The van der Waals surface area contributed by atoms with Crippen molar-refractivity contribution < 1.29 is 0 Å². The molecule has 0 radical (unpaired) electrons. The monoisotopic (exact) mass is 194 g/mol. The van der Waals surface area contributed by atoms with Gasteiger partial charge in [-0.25, -0.2) is 0 Å². The Morgan fingerprint density at radius 2 is 2.08 bits per heavy atom. The summed E-state index contributed by atoms with van der Waals surface area (Å²) in [5.41, 5.74) is 5.37. The maximum absolute atomic E-state index is 7.23. The first kappa shape index (κ1) is 10.1. The van der Waals surface area contributed by atoms with Crippen molar-refractivity contribution >= 4 is 17.6 Å². The molecular formula is C10H14N2S. The van der Waals surface area contributed by atoms with Crippen molar-refractivity contribution in [1.29, 1.82) is 5.41 Å². The van der Waals surface area contributed by atoms with Gasteiger partial charge in [-0.1, -0.05) is 25.1 Å². The molecule has 1 unspecified atom stereocenters. The lowest BCUT2D eigenvalue weighted by molar-refractivity contribution is 0.879. The number of hydrogen-bond acceptors (Lipinski definition) is 2. The Balaban J connectivity index is 2.39. The van der Waals surface area contributed by atoms with Gasteiger partial charge in [0.15, 0.2) is 0 Å². The van der Waals surface area contributed by atoms with Gasteiger partial charge in [-0.3, -0.25) is 5.41 Å². The van der Waals surface area contributed by atoms with Crippen molar-refractivity contribution in [2.24, 2.45) is 11.7 Å². The zero-order chi connectivity index (χ0) is 9.68. The van der Waals surface area contributed by atoms with Crippen molar-refractivity contribution in [3.05, 3.63) is 30.3 Å². The van der Waals surface area contributed by atoms with Crippen LogP contribution in [0.4, 0.5) is 0 Å². The van der Waals surface area contributed by atoms with Crippen molar-refractivity contribution in [2.75, 3.05) is 5.75 Å². The average molecular weight is 194 g/mol. The largest absolute Gasteiger partial charge is 0.387 e. The van der Waals surface area contributed by atoms with Gasteiger partial charge in [-0.2, -0.15) is 0 Å². The third kappa shape index (κ3) is 3.51. The summed E-state index contributed by atoms with van der Waals surface area (Å²) in [6.07, 6.45) is 0. The summed E-state index contributed by atoms with van der Waals surface area (Å²) in [6.45, 7) is 1.97. The Bertz CT molecular complexity index is 272. The zero-order valence-electron chi connectivity index (χ0n) is 7.66. The molecule has 0 saturated carbocycles. The van der Waals surface area contributed by atoms with E-state index in [9.17, 15) is 0 Å². The Morgan fingerprint density at radius 3 is 2.62 bits per heavy atom. The smallest absolute Gasteiger partial charge is 0.0942 e. The summed E-state index contributed by atoms with van der Waals surface area (Å²) in [4.78, 5) is 1.23. The van der Waals surface area contributed by atoms with Gasteiger partial charge in [-0.05, 0) is 12.1 Å². The first-order valence-electron chi connectivity index (χ1n) is 4.22. The van der Waals surface area contributed by atoms with Gasteiger partial charge in [0.2, 0.25) is 0 Å². The molecule has 0 aliphatic carbocycles. The standard InChI is InChI=1S/C10H14N2S/c1-8(10(11)12)7-13-9-5-3-2-4-6-9/h2-6,8H,7H2,1H3,(H3,11,12). The molecule has 1 aromatic rings. The highest BCUT2D eigenvalue weighted by Gasteiger charge is 2.04. The van der Waals surface area contributed by atoms with Crippen LogP contribution in [0, 0.1) is 11.3 Å². The highest BCUT2D eigenvalue weighted by molar-refractivity contribution is 7.99. The summed E-state index contributed by atoms with van der Waals surface area (Å²) in [7, 11) is 0. The third-order valence-electron chi connectivity index (χ3n) is 1.77. The fourth-order valence-corrected chi connectivity index (χ4v) is 1.80. The summed E-state index contributed by atoms with van der Waals surface area (Å²) < 4.78 is 0. The minimum Gasteiger partial charge on any atom is -0.387 e. The first-order chi connectivity index (χ1) is 6.20. The molecular weight excluding hydrogens is 180 g/mol. The number of nitrogens with one attached hydrogen (secondary N) is 1. The van der Waals surface area contributed by atoms with Crippen LogP contribution in [0.2, 0.25) is 0 Å². The predicted molar refractivity (Wildman–Crippen MR) is 58.2 cm³/mol. The molecule has 1 rings (SSSR count). The van der Waals surface area contributed by atoms with Crippen LogP contribution in [-0.4, -0.2) is 11.6 Å². The number of rotatable bonds is 4. The zero-order valence-corrected chi connectivity index (χ0v) is 8.47. The van der Waals surface area contributed by atoms with Crippen molar-refractivity contribution in [3.63, 3.8) is 0 Å². The lowest BCUT2D eigenvalue weighted by atomic mass is 10.2. The Morgan fingerprint density at radius 1 is 1.46 bits per heavy atom. The molecule has 0 spiro atoms. The highest BCUT2D eigenvalue weighted by Crippen LogP contribution is 2.19. The average Bonchev–Trinajstić information content (AvgIpc) is 2.15. The second-order valence-electron chi connectivity index (χ2n) is 2.98.